The Labute approximate surface area is 171 Å². The van der Waals surface area contributed by atoms with Crippen LogP contribution in [0.25, 0.3) is 0 Å². The molecule has 0 aliphatic carbocycles. The van der Waals surface area contributed by atoms with Crippen LogP contribution in [0.5, 0.6) is 0 Å². The predicted octanol–water partition coefficient (Wildman–Crippen LogP) is 4.29. The third-order valence-electron chi connectivity index (χ3n) is 4.73. The minimum atomic E-state index is -0.440. The van der Waals surface area contributed by atoms with E-state index in [0.717, 1.165) is 16.8 Å². The Morgan fingerprint density at radius 3 is 2.28 bits per heavy atom. The number of esters is 1. The van der Waals surface area contributed by atoms with E-state index in [2.05, 4.69) is 23.9 Å². The summed E-state index contributed by atoms with van der Waals surface area (Å²) in [6, 6.07) is 12.5. The van der Waals surface area contributed by atoms with Gasteiger partial charge in [0.25, 0.3) is 0 Å². The zero-order valence-corrected chi connectivity index (χ0v) is 17.6. The molecule has 0 aliphatic heterocycles. The molecule has 1 N–H and O–H groups in total. The molecule has 2 aromatic rings. The maximum absolute atomic E-state index is 12.6. The van der Waals surface area contributed by atoms with Crippen LogP contribution in [0.2, 0.25) is 0 Å². The van der Waals surface area contributed by atoms with Crippen LogP contribution in [0, 0.1) is 6.92 Å². The lowest BCUT2D eigenvalue weighted by atomic mass is 9.98. The SMILES string of the molecule is COC(=O)c1ccc(N(CCC(=O)Nc2c(C)cccc2C(C)C)C(C)=O)cc1. The highest BCUT2D eigenvalue weighted by Gasteiger charge is 2.16. The van der Waals surface area contributed by atoms with Gasteiger partial charge in [0.2, 0.25) is 11.8 Å². The van der Waals surface area contributed by atoms with Crippen LogP contribution in [0.3, 0.4) is 0 Å². The molecular weight excluding hydrogens is 368 g/mol. The van der Waals surface area contributed by atoms with Gasteiger partial charge in [-0.2, -0.15) is 0 Å². The first kappa shape index (κ1) is 22.1. The van der Waals surface area contributed by atoms with E-state index in [-0.39, 0.29) is 30.7 Å². The second-order valence-electron chi connectivity index (χ2n) is 7.20. The molecular formula is C23H28N2O4. The van der Waals surface area contributed by atoms with Crippen LogP contribution in [0.4, 0.5) is 11.4 Å². The van der Waals surface area contributed by atoms with Crippen LogP contribution in [-0.4, -0.2) is 31.4 Å². The molecule has 0 unspecified atom stereocenters. The predicted molar refractivity (Wildman–Crippen MR) is 114 cm³/mol. The number of aryl methyl sites for hydroxylation is 1. The van der Waals surface area contributed by atoms with E-state index in [1.54, 1.807) is 24.3 Å². The summed E-state index contributed by atoms with van der Waals surface area (Å²) >= 11 is 0. The molecule has 0 aromatic heterocycles. The van der Waals surface area contributed by atoms with Crippen molar-refractivity contribution in [2.75, 3.05) is 23.9 Å². The standard InChI is InChI=1S/C23H28N2O4/c1-15(2)20-8-6-7-16(3)22(20)24-21(27)13-14-25(17(4)26)19-11-9-18(10-12-19)23(28)29-5/h6-12,15H,13-14H2,1-5H3,(H,24,27). The number of amides is 2. The molecule has 154 valence electrons. The number of hydrogen-bond acceptors (Lipinski definition) is 4. The molecule has 0 aliphatic rings. The van der Waals surface area contributed by atoms with Gasteiger partial charge in [0, 0.05) is 31.3 Å². The summed E-state index contributed by atoms with van der Waals surface area (Å²) in [5.41, 5.74) is 3.95. The highest BCUT2D eigenvalue weighted by Crippen LogP contribution is 2.27. The highest BCUT2D eigenvalue weighted by atomic mass is 16.5. The number of rotatable bonds is 7. The first-order valence-electron chi connectivity index (χ1n) is 9.60. The molecule has 2 aromatic carbocycles. The maximum Gasteiger partial charge on any atom is 0.337 e. The van der Waals surface area contributed by atoms with Crippen molar-refractivity contribution in [1.82, 2.24) is 0 Å². The number of nitrogens with one attached hydrogen (secondary N) is 1. The van der Waals surface area contributed by atoms with Crippen molar-refractivity contribution in [3.63, 3.8) is 0 Å². The molecule has 0 saturated carbocycles. The van der Waals surface area contributed by atoms with Gasteiger partial charge < -0.3 is 15.0 Å². The Morgan fingerprint density at radius 2 is 1.72 bits per heavy atom. The number of benzene rings is 2. The van der Waals surface area contributed by atoms with Crippen molar-refractivity contribution >= 4 is 29.2 Å². The number of hydrogen-bond donors (Lipinski definition) is 1. The van der Waals surface area contributed by atoms with Gasteiger partial charge >= 0.3 is 5.97 Å². The summed E-state index contributed by atoms with van der Waals surface area (Å²) in [6.07, 6.45) is 0.157. The van der Waals surface area contributed by atoms with E-state index in [0.29, 0.717) is 11.3 Å². The molecule has 6 nitrogen and oxygen atoms in total. The smallest absolute Gasteiger partial charge is 0.337 e. The molecule has 0 saturated heterocycles. The lowest BCUT2D eigenvalue weighted by Gasteiger charge is -2.22. The lowest BCUT2D eigenvalue weighted by Crippen LogP contribution is -2.32. The molecule has 29 heavy (non-hydrogen) atoms. The van der Waals surface area contributed by atoms with Crippen molar-refractivity contribution in [3.05, 3.63) is 59.2 Å². The van der Waals surface area contributed by atoms with Gasteiger partial charge in [-0.05, 0) is 48.2 Å². The van der Waals surface area contributed by atoms with E-state index in [9.17, 15) is 14.4 Å². The molecule has 0 bridgehead atoms. The summed E-state index contributed by atoms with van der Waals surface area (Å²) in [5.74, 6) is -0.488. The van der Waals surface area contributed by atoms with Crippen molar-refractivity contribution in [2.45, 2.75) is 40.0 Å². The summed E-state index contributed by atoms with van der Waals surface area (Å²) < 4.78 is 4.68. The monoisotopic (exact) mass is 396 g/mol. The van der Waals surface area contributed by atoms with Gasteiger partial charge in [0.15, 0.2) is 0 Å². The van der Waals surface area contributed by atoms with Crippen molar-refractivity contribution < 1.29 is 19.1 Å². The number of para-hydroxylation sites is 1. The molecule has 0 fully saturated rings. The fourth-order valence-corrected chi connectivity index (χ4v) is 3.12. The van der Waals surface area contributed by atoms with Crippen LogP contribution in [0.15, 0.2) is 42.5 Å². The second-order valence-corrected chi connectivity index (χ2v) is 7.20. The number of carbonyl (C=O) groups is 3. The molecule has 0 radical (unpaired) electrons. The second kappa shape index (κ2) is 9.87. The van der Waals surface area contributed by atoms with Gasteiger partial charge in [-0.1, -0.05) is 32.0 Å². The summed E-state index contributed by atoms with van der Waals surface area (Å²) in [7, 11) is 1.32. The summed E-state index contributed by atoms with van der Waals surface area (Å²) in [4.78, 5) is 37.7. The van der Waals surface area contributed by atoms with E-state index in [1.165, 1.54) is 18.9 Å². The Morgan fingerprint density at radius 1 is 1.07 bits per heavy atom. The Balaban J connectivity index is 2.09. The quantitative estimate of drug-likeness (QED) is 0.709. The minimum absolute atomic E-state index is 0.154. The zero-order chi connectivity index (χ0) is 21.6. The maximum atomic E-state index is 12.6. The number of carbonyl (C=O) groups excluding carboxylic acids is 3. The number of anilines is 2. The van der Waals surface area contributed by atoms with Crippen molar-refractivity contribution in [2.24, 2.45) is 0 Å². The molecule has 0 atom stereocenters. The fraction of sp³-hybridized carbons (Fsp3) is 0.348. The van der Waals surface area contributed by atoms with Gasteiger partial charge in [-0.3, -0.25) is 9.59 Å². The first-order chi connectivity index (χ1) is 13.7. The number of methoxy groups -OCH3 is 1. The molecule has 6 heteroatoms. The van der Waals surface area contributed by atoms with Gasteiger partial charge in [-0.15, -0.1) is 0 Å². The third kappa shape index (κ3) is 5.67. The average Bonchev–Trinajstić information content (AvgIpc) is 2.69. The molecule has 0 heterocycles. The van der Waals surface area contributed by atoms with Crippen LogP contribution in [0.1, 0.15) is 54.6 Å². The van der Waals surface area contributed by atoms with E-state index in [4.69, 9.17) is 0 Å². The van der Waals surface area contributed by atoms with Gasteiger partial charge in [0.05, 0.1) is 12.7 Å². The van der Waals surface area contributed by atoms with Gasteiger partial charge in [0.1, 0.15) is 0 Å². The van der Waals surface area contributed by atoms with Crippen LogP contribution >= 0.6 is 0 Å². The topological polar surface area (TPSA) is 75.7 Å². The largest absolute Gasteiger partial charge is 0.465 e. The highest BCUT2D eigenvalue weighted by molar-refractivity contribution is 5.96. The Bertz CT molecular complexity index is 888. The lowest BCUT2D eigenvalue weighted by molar-refractivity contribution is -0.117. The van der Waals surface area contributed by atoms with E-state index in [1.807, 2.05) is 25.1 Å². The van der Waals surface area contributed by atoms with E-state index < -0.39 is 5.97 Å². The zero-order valence-electron chi connectivity index (χ0n) is 17.6. The van der Waals surface area contributed by atoms with Crippen molar-refractivity contribution in [3.8, 4) is 0 Å². The number of ether oxygens (including phenoxy) is 1. The molecule has 0 spiro atoms. The first-order valence-corrected chi connectivity index (χ1v) is 9.60. The Kier molecular flexibility index (Phi) is 7.53. The number of nitrogens with zero attached hydrogens (tertiary/aromatic N) is 1. The summed E-state index contributed by atoms with van der Waals surface area (Å²) in [5, 5.41) is 3.00. The summed E-state index contributed by atoms with van der Waals surface area (Å²) in [6.45, 7) is 7.82. The van der Waals surface area contributed by atoms with Crippen molar-refractivity contribution in [1.29, 1.82) is 0 Å². The molecule has 2 amide bonds. The third-order valence-corrected chi connectivity index (χ3v) is 4.73. The van der Waals surface area contributed by atoms with Gasteiger partial charge in [-0.25, -0.2) is 4.79 Å². The molecule has 2 rings (SSSR count). The van der Waals surface area contributed by atoms with Crippen LogP contribution in [-0.2, 0) is 14.3 Å². The van der Waals surface area contributed by atoms with E-state index >= 15 is 0 Å². The fourth-order valence-electron chi connectivity index (χ4n) is 3.12. The minimum Gasteiger partial charge on any atom is -0.465 e. The Hall–Kier alpha value is -3.15. The van der Waals surface area contributed by atoms with Crippen LogP contribution < -0.4 is 10.2 Å². The average molecular weight is 396 g/mol. The normalized spacial score (nSPS) is 10.6.